The Kier molecular flexibility index (Phi) is 20.5. The summed E-state index contributed by atoms with van der Waals surface area (Å²) in [6.07, 6.45) is 31.2. The van der Waals surface area contributed by atoms with Gasteiger partial charge in [-0.25, -0.2) is 4.21 Å². The van der Waals surface area contributed by atoms with Crippen molar-refractivity contribution in [1.82, 2.24) is 35.5 Å². The van der Waals surface area contributed by atoms with Gasteiger partial charge in [-0.3, -0.25) is 28.5 Å². The number of aliphatic carboxylic acids is 1. The molecule has 12 aliphatic carbocycles. The molecule has 83 heavy (non-hydrogen) atoms. The van der Waals surface area contributed by atoms with Crippen LogP contribution in [0.2, 0.25) is 0 Å². The zero-order chi connectivity index (χ0) is 59.9. The number of nitrogens with zero attached hydrogens (tertiary/aromatic N) is 4. The molecule has 0 radical (unpaired) electrons. The maximum absolute atomic E-state index is 14.0. The minimum Gasteiger partial charge on any atom is -0.481 e. The van der Waals surface area contributed by atoms with Crippen molar-refractivity contribution < 1.29 is 28.5 Å². The Morgan fingerprint density at radius 1 is 0.554 bits per heavy atom. The number of carboxylic acid groups (broad SMARTS) is 1. The number of carboxylic acids is 1. The summed E-state index contributed by atoms with van der Waals surface area (Å²) in [4.78, 5) is 52.8. The van der Waals surface area contributed by atoms with Gasteiger partial charge in [0.2, 0.25) is 15.1 Å². The van der Waals surface area contributed by atoms with Crippen LogP contribution in [0, 0.1) is 70.0 Å². The molecular weight excluding hydrogens is 1100 g/mol. The summed E-state index contributed by atoms with van der Waals surface area (Å²) < 4.78 is 13.5. The van der Waals surface area contributed by atoms with E-state index in [0.29, 0.717) is 77.9 Å². The molecule has 6 N–H and O–H groups in total. The van der Waals surface area contributed by atoms with E-state index in [2.05, 4.69) is 116 Å². The SMILES string of the molecule is CC(C)(C)CC(C)(C)N.CC(C)(C)CC(C)(C)NC(=O)C1CCc2c(c(C(=O)NC3C4CC5CC(C4)CC3C5)nn2C2CCCCC2)C1.O=C(NC1C2CC3CC(C2)CC1C3)c1nn(C2CCCCC2)c2c1CC(C(=O)O)CC2.O=S(Cl)Cl. The number of aromatic nitrogens is 4. The van der Waals surface area contributed by atoms with Gasteiger partial charge in [0, 0.05) is 73.0 Å². The molecule has 14 nitrogen and oxygen atoms in total. The minimum absolute atomic E-state index is 0.0156. The van der Waals surface area contributed by atoms with Gasteiger partial charge in [0.25, 0.3) is 11.8 Å². The van der Waals surface area contributed by atoms with Gasteiger partial charge >= 0.3 is 5.97 Å². The highest BCUT2D eigenvalue weighted by molar-refractivity contribution is 8.26. The normalized spacial score (nSPS) is 31.1. The van der Waals surface area contributed by atoms with Crippen LogP contribution < -0.4 is 21.7 Å². The van der Waals surface area contributed by atoms with Crippen LogP contribution in [0.15, 0.2) is 0 Å². The molecule has 0 spiro atoms. The molecule has 0 aliphatic heterocycles. The van der Waals surface area contributed by atoms with Crippen molar-refractivity contribution in [2.24, 2.45) is 75.7 Å². The zero-order valence-electron chi connectivity index (χ0n) is 52.4. The van der Waals surface area contributed by atoms with Gasteiger partial charge in [-0.1, -0.05) is 80.1 Å². The molecule has 2 heterocycles. The Balaban J connectivity index is 0.000000167. The number of hydrogen-bond donors (Lipinski definition) is 5. The highest BCUT2D eigenvalue weighted by atomic mass is 36.0. The van der Waals surface area contributed by atoms with Crippen LogP contribution in [-0.2, 0) is 44.5 Å². The first-order valence-electron chi connectivity index (χ1n) is 32.9. The third kappa shape index (κ3) is 16.6. The van der Waals surface area contributed by atoms with Crippen molar-refractivity contribution in [3.63, 3.8) is 0 Å². The Labute approximate surface area is 509 Å². The topological polar surface area (TPSA) is 203 Å². The van der Waals surface area contributed by atoms with E-state index in [9.17, 15) is 24.3 Å². The van der Waals surface area contributed by atoms with Gasteiger partial charge in [0.15, 0.2) is 11.4 Å². The molecule has 466 valence electrons. The van der Waals surface area contributed by atoms with Crippen molar-refractivity contribution in [3.05, 3.63) is 33.9 Å². The average molecular weight is 1210 g/mol. The van der Waals surface area contributed by atoms with Crippen LogP contribution in [0.1, 0.15) is 279 Å². The monoisotopic (exact) mass is 1210 g/mol. The number of nitrogens with two attached hydrogens (primary N) is 1. The summed E-state index contributed by atoms with van der Waals surface area (Å²) in [5.74, 6) is 4.94. The fraction of sp³-hybridized carbons (Fsp3) is 0.848. The lowest BCUT2D eigenvalue weighted by atomic mass is 9.54. The predicted octanol–water partition coefficient (Wildman–Crippen LogP) is 13.7. The first-order chi connectivity index (χ1) is 39.0. The van der Waals surface area contributed by atoms with Crippen molar-refractivity contribution in [2.45, 2.75) is 284 Å². The predicted molar refractivity (Wildman–Crippen MR) is 332 cm³/mol. The first-order valence-corrected chi connectivity index (χ1v) is 35.7. The molecular formula is C66H106Cl2N8O6S. The largest absolute Gasteiger partial charge is 0.481 e. The summed E-state index contributed by atoms with van der Waals surface area (Å²) in [7, 11) is 7.36. The molecule has 14 rings (SSSR count). The number of fused-ring (bicyclic) bond motifs is 2. The van der Waals surface area contributed by atoms with Crippen LogP contribution in [-0.4, -0.2) is 75.7 Å². The average Bonchev–Trinajstić information content (AvgIpc) is 2.74. The van der Waals surface area contributed by atoms with Gasteiger partial charge in [-0.2, -0.15) is 10.2 Å². The number of carbonyl (C=O) groups excluding carboxylic acids is 3. The Morgan fingerprint density at radius 3 is 1.23 bits per heavy atom. The van der Waals surface area contributed by atoms with Crippen molar-refractivity contribution in [3.8, 4) is 0 Å². The van der Waals surface area contributed by atoms with Gasteiger partial charge < -0.3 is 26.8 Å². The second-order valence-electron chi connectivity index (χ2n) is 32.1. The Morgan fingerprint density at radius 2 is 0.904 bits per heavy atom. The van der Waals surface area contributed by atoms with Crippen LogP contribution >= 0.6 is 21.4 Å². The number of hydrogen-bond acceptors (Lipinski definition) is 8. The molecule has 8 bridgehead atoms. The van der Waals surface area contributed by atoms with E-state index in [0.717, 1.165) is 98.3 Å². The number of carbonyl (C=O) groups is 4. The quantitative estimate of drug-likeness (QED) is 0.136. The van der Waals surface area contributed by atoms with Gasteiger partial charge in [-0.05, 0) is 227 Å². The lowest BCUT2D eigenvalue weighted by Gasteiger charge is -2.54. The fourth-order valence-corrected chi connectivity index (χ4v) is 19.3. The van der Waals surface area contributed by atoms with E-state index < -0.39 is 21.1 Å². The van der Waals surface area contributed by atoms with Crippen LogP contribution in [0.5, 0.6) is 0 Å². The van der Waals surface area contributed by atoms with E-state index in [4.69, 9.17) is 20.1 Å². The fourth-order valence-electron chi connectivity index (χ4n) is 19.3. The standard InChI is InChI=1S/C33H52N4O2.C25H35N3O3.C8H19N.Cl2OS/c1-32(2,3)19-33(4,5)35-30(38)22-11-12-27-26(18-22)29(36-37(27)25-9-7-6-8-10-25)31(39)34-28-23-14-20-13-21(16-23)17-24(28)15-20;29-24(26-22-17-9-14-8-15(11-17)12-18(22)10-14)23-20-13-16(25(30)31)6-7-21(20)28(27-23)19-4-2-1-3-5-19;1-7(2,3)6-8(4,5)9;1-4(2)3/h20-25,28H,6-19H2,1-5H3,(H,34,39)(H,35,38);14-19,22H,1-13H2,(H,26,29)(H,30,31);6,9H2,1-5H3;. The van der Waals surface area contributed by atoms with Crippen LogP contribution in [0.25, 0.3) is 0 Å². The third-order valence-electron chi connectivity index (χ3n) is 21.1. The molecule has 2 atom stereocenters. The van der Waals surface area contributed by atoms with E-state index >= 15 is 0 Å². The van der Waals surface area contributed by atoms with Gasteiger partial charge in [0.05, 0.1) is 18.0 Å². The summed E-state index contributed by atoms with van der Waals surface area (Å²) in [5, 5.41) is 29.9. The number of nitrogens with one attached hydrogen (secondary N) is 3. The van der Waals surface area contributed by atoms with Gasteiger partial charge in [-0.15, -0.1) is 0 Å². The van der Waals surface area contributed by atoms with E-state index in [1.807, 2.05) is 0 Å². The highest BCUT2D eigenvalue weighted by Crippen LogP contribution is 2.55. The summed E-state index contributed by atoms with van der Waals surface area (Å²) in [6, 6.07) is 1.36. The summed E-state index contributed by atoms with van der Waals surface area (Å²) in [5.41, 5.74) is 11.5. The molecule has 2 unspecified atom stereocenters. The second-order valence-corrected chi connectivity index (χ2v) is 34.6. The molecule has 2 aromatic rings. The molecule has 12 aliphatic rings. The number of halogens is 2. The minimum atomic E-state index is -1.67. The molecule has 3 amide bonds. The van der Waals surface area contributed by atoms with Crippen LogP contribution in [0.4, 0.5) is 0 Å². The summed E-state index contributed by atoms with van der Waals surface area (Å²) in [6.45, 7) is 21.7. The third-order valence-corrected chi connectivity index (χ3v) is 21.1. The van der Waals surface area contributed by atoms with E-state index in [1.165, 1.54) is 108 Å². The Bertz CT molecular complexity index is 2560. The molecule has 17 heteroatoms. The molecule has 0 saturated heterocycles. The molecule has 10 fully saturated rings. The maximum Gasteiger partial charge on any atom is 0.306 e. The van der Waals surface area contributed by atoms with Crippen LogP contribution in [0.3, 0.4) is 0 Å². The van der Waals surface area contributed by atoms with Crippen molar-refractivity contribution in [2.75, 3.05) is 0 Å². The highest BCUT2D eigenvalue weighted by Gasteiger charge is 2.51. The second kappa shape index (κ2) is 26.4. The lowest BCUT2D eigenvalue weighted by Crippen LogP contribution is -2.56. The zero-order valence-corrected chi connectivity index (χ0v) is 54.7. The lowest BCUT2D eigenvalue weighted by molar-refractivity contribution is -0.142. The Hall–Kier alpha value is -3.01. The number of amides is 3. The van der Waals surface area contributed by atoms with E-state index in [-0.39, 0.29) is 46.2 Å². The summed E-state index contributed by atoms with van der Waals surface area (Å²) >= 11 is 0. The maximum atomic E-state index is 14.0. The van der Waals surface area contributed by atoms with Crippen molar-refractivity contribution in [1.29, 1.82) is 0 Å². The molecule has 2 aromatic heterocycles. The van der Waals surface area contributed by atoms with E-state index in [1.54, 1.807) is 0 Å². The molecule has 10 saturated carbocycles. The van der Waals surface area contributed by atoms with Crippen molar-refractivity contribution >= 4 is 54.3 Å². The first kappa shape index (κ1) is 64.5. The molecule has 0 aromatic carbocycles. The van der Waals surface area contributed by atoms with Gasteiger partial charge in [0.1, 0.15) is 0 Å². The smallest absolute Gasteiger partial charge is 0.306 e. The number of rotatable bonds is 11.